The van der Waals surface area contributed by atoms with Crippen molar-refractivity contribution in [2.75, 3.05) is 24.5 Å². The summed E-state index contributed by atoms with van der Waals surface area (Å²) >= 11 is 0. The number of benzene rings is 8. The number of hydrogen-bond donors (Lipinski definition) is 0. The van der Waals surface area contributed by atoms with Crippen LogP contribution in [0.25, 0.3) is 21.5 Å². The molecule has 95 heavy (non-hydrogen) atoms. The first-order valence-electron chi connectivity index (χ1n) is 29.6. The van der Waals surface area contributed by atoms with Gasteiger partial charge in [0.15, 0.2) is 75.5 Å². The van der Waals surface area contributed by atoms with Crippen molar-refractivity contribution in [1.29, 1.82) is 0 Å². The van der Waals surface area contributed by atoms with Gasteiger partial charge in [0, 0.05) is 60.2 Å². The van der Waals surface area contributed by atoms with Crippen molar-refractivity contribution in [3.8, 4) is 0 Å². The van der Waals surface area contributed by atoms with Gasteiger partial charge in [-0.1, -0.05) is 80.6 Å². The Hall–Kier alpha value is -9.16. The maximum absolute atomic E-state index is 15.4. The molecule has 2 heterocycles. The molecule has 0 aromatic heterocycles. The molecule has 0 spiro atoms. The van der Waals surface area contributed by atoms with Gasteiger partial charge in [-0.15, -0.1) is 21.9 Å². The summed E-state index contributed by atoms with van der Waals surface area (Å²) in [6.45, 7) is 20.2. The van der Waals surface area contributed by atoms with Crippen molar-refractivity contribution < 1.29 is 97.2 Å². The Morgan fingerprint density at radius 1 is 0.484 bits per heavy atom. The summed E-state index contributed by atoms with van der Waals surface area (Å²) in [6, 6.07) is 26.6. The van der Waals surface area contributed by atoms with Gasteiger partial charge in [0.05, 0.1) is 5.41 Å². The highest BCUT2D eigenvalue weighted by atomic mass is 19.2. The molecule has 11 rings (SSSR count). The lowest BCUT2D eigenvalue weighted by atomic mass is 9.12. The van der Waals surface area contributed by atoms with Gasteiger partial charge in [0.25, 0.3) is 0 Å². The molecule has 25 heteroatoms. The molecule has 0 N–H and O–H groups in total. The minimum absolute atomic E-state index is 0.0898. The van der Waals surface area contributed by atoms with Gasteiger partial charge in [-0.05, 0) is 110 Å². The molecule has 0 unspecified atom stereocenters. The Bertz CT molecular complexity index is 4380. The Kier molecular flexibility index (Phi) is 18.2. The number of hydrogen-bond acceptors (Lipinski definition) is 2. The molecule has 0 fully saturated rings. The summed E-state index contributed by atoms with van der Waals surface area (Å²) in [7, 11) is 0. The van der Waals surface area contributed by atoms with Crippen LogP contribution in [0.5, 0.6) is 0 Å². The molecule has 496 valence electrons. The molecule has 1 aliphatic carbocycles. The minimum Gasteiger partial charge on any atom is -0.344 e. The van der Waals surface area contributed by atoms with Crippen LogP contribution < -0.4 is 26.8 Å². The Labute approximate surface area is 530 Å². The topological polar surface area (TPSA) is 26.6 Å². The van der Waals surface area contributed by atoms with E-state index in [2.05, 4.69) is 155 Å². The number of rotatable bonds is 11. The van der Waals surface area contributed by atoms with E-state index in [1.54, 1.807) is 6.92 Å². The lowest BCUT2D eigenvalue weighted by molar-refractivity contribution is -0.433. The lowest BCUT2D eigenvalue weighted by Gasteiger charge is -2.44. The third-order valence-corrected chi connectivity index (χ3v) is 18.2. The number of halogens is 20. The molecule has 8 aromatic rings. The van der Waals surface area contributed by atoms with Gasteiger partial charge in [-0.25, -0.2) is 87.8 Å². The zero-order valence-corrected chi connectivity index (χ0v) is 51.4. The van der Waals surface area contributed by atoms with E-state index in [4.69, 9.17) is 0 Å². The van der Waals surface area contributed by atoms with Crippen molar-refractivity contribution >= 4 is 72.5 Å². The van der Waals surface area contributed by atoms with Crippen LogP contribution in [0.4, 0.5) is 99.2 Å². The fraction of sp³-hybridized carbons (Fsp3) is 0.229. The van der Waals surface area contributed by atoms with E-state index in [0.29, 0.717) is 6.54 Å². The van der Waals surface area contributed by atoms with E-state index >= 15 is 35.1 Å². The van der Waals surface area contributed by atoms with Crippen molar-refractivity contribution in [1.82, 2.24) is 4.90 Å². The summed E-state index contributed by atoms with van der Waals surface area (Å²) in [5.74, 6) is -71.3. The first-order chi connectivity index (χ1) is 44.7. The zero-order valence-electron chi connectivity index (χ0n) is 51.4. The van der Waals surface area contributed by atoms with Crippen molar-refractivity contribution in [3.05, 3.63) is 247 Å². The van der Waals surface area contributed by atoms with E-state index in [1.807, 2.05) is 4.90 Å². The standard InChI is InChI=1S/C46H52N3O.C24BF20/c1-9-47(31(4)50)44-34(25-29-40-45(5,6)42-36-21-14-12-17-32(36)23-27-38(42)48(40)10-2)19-16-20-35(44)26-30-41-46(7,8)43-37-22-15-13-18-33(37)24-28-39(43)49(41)11-3;26-5-1(6(27)14(35)21(42)13(5)34)25(2-7(28)15(36)22(43)16(37)8(2)29,3-9(30)17(38)23(44)18(39)10(3)31)4-11(32)19(40)24(45)20(41)12(4)33/h12-15,17-18,21-30H,9-11,16,19-20H2,1-8H3;/q+1;-1. The summed E-state index contributed by atoms with van der Waals surface area (Å²) < 4.78 is 296. The molecule has 4 nitrogen and oxygen atoms in total. The highest BCUT2D eigenvalue weighted by molar-refractivity contribution is 7.20. The fourth-order valence-corrected chi connectivity index (χ4v) is 14.1. The second-order valence-corrected chi connectivity index (χ2v) is 23.9. The average molecular weight is 1340 g/mol. The van der Waals surface area contributed by atoms with Crippen LogP contribution in [0.1, 0.15) is 85.8 Å². The van der Waals surface area contributed by atoms with E-state index in [0.717, 1.165) is 38.0 Å². The van der Waals surface area contributed by atoms with Gasteiger partial charge >= 0.3 is 0 Å². The van der Waals surface area contributed by atoms with Crippen LogP contribution in [-0.2, 0) is 15.6 Å². The third kappa shape index (κ3) is 10.4. The zero-order chi connectivity index (χ0) is 69.7. The summed E-state index contributed by atoms with van der Waals surface area (Å²) in [5, 5.41) is 5.22. The third-order valence-electron chi connectivity index (χ3n) is 18.2. The van der Waals surface area contributed by atoms with Crippen LogP contribution in [-0.4, -0.2) is 46.9 Å². The molecule has 0 radical (unpaired) electrons. The van der Waals surface area contributed by atoms with Gasteiger partial charge < -0.3 is 9.80 Å². The van der Waals surface area contributed by atoms with Crippen molar-refractivity contribution in [3.63, 3.8) is 0 Å². The number of carbonyl (C=O) groups is 1. The first kappa shape index (κ1) is 68.7. The maximum Gasteiger partial charge on any atom is 0.223 e. The minimum atomic E-state index is -7.22. The molecule has 0 atom stereocenters. The normalized spacial score (nSPS) is 16.1. The predicted molar refractivity (Wildman–Crippen MR) is 321 cm³/mol. The largest absolute Gasteiger partial charge is 0.344 e. The van der Waals surface area contributed by atoms with Crippen molar-refractivity contribution in [2.45, 2.75) is 85.5 Å². The number of anilines is 1. The smallest absolute Gasteiger partial charge is 0.223 e. The fourth-order valence-electron chi connectivity index (χ4n) is 14.1. The number of amides is 1. The molecular weight excluding hydrogens is 1290 g/mol. The van der Waals surface area contributed by atoms with Crippen LogP contribution in [0.3, 0.4) is 0 Å². The quantitative estimate of drug-likeness (QED) is 0.0424. The Morgan fingerprint density at radius 2 is 0.874 bits per heavy atom. The highest BCUT2D eigenvalue weighted by Gasteiger charge is 2.53. The van der Waals surface area contributed by atoms with E-state index in [-0.39, 0.29) is 16.7 Å². The molecule has 3 aliphatic rings. The van der Waals surface area contributed by atoms with Crippen molar-refractivity contribution in [2.24, 2.45) is 0 Å². The number of carbonyl (C=O) groups excluding carboxylic acids is 1. The summed E-state index contributed by atoms with van der Waals surface area (Å²) in [5.41, 5.74) is -3.09. The molecule has 1 amide bonds. The van der Waals surface area contributed by atoms with Gasteiger partial charge in [-0.3, -0.25) is 4.79 Å². The van der Waals surface area contributed by atoms with E-state index in [9.17, 15) is 57.5 Å². The molecule has 0 bridgehead atoms. The first-order valence-corrected chi connectivity index (χ1v) is 29.6. The lowest BCUT2D eigenvalue weighted by Crippen LogP contribution is -2.81. The van der Waals surface area contributed by atoms with Crippen LogP contribution >= 0.6 is 0 Å². The molecular formula is C70H52BF20N3O. The van der Waals surface area contributed by atoms with E-state index < -0.39 is 144 Å². The number of fused-ring (bicyclic) bond motifs is 6. The second kappa shape index (κ2) is 25.2. The number of nitrogens with zero attached hydrogens (tertiary/aromatic N) is 3. The van der Waals surface area contributed by atoms with Gasteiger partial charge in [0.1, 0.15) is 59.2 Å². The average Bonchev–Trinajstić information content (AvgIpc) is 1.56. The molecule has 8 aromatic carbocycles. The molecule has 0 saturated carbocycles. The molecule has 0 saturated heterocycles. The second-order valence-electron chi connectivity index (χ2n) is 23.9. The number of likely N-dealkylation sites (N-methyl/N-ethyl adjacent to an activating group) is 2. The summed E-state index contributed by atoms with van der Waals surface area (Å²) in [4.78, 5) is 17.7. The maximum atomic E-state index is 15.4. The SMILES string of the molecule is CCN(C(C)=O)C1=C(/C=C/C2=[N+](CC)c3ccc4ccccc4c3C2(C)C)CCC/C1=C\C=C1\N(CC)c2ccc3ccccc3c2C1(C)C.Fc1c(F)c(F)c([B-](c2c(F)c(F)c(F)c(F)c2F)(c2c(F)c(F)c(F)c(F)c2F)c2c(F)c(F)c(F)c(F)c2F)c(F)c1F. The van der Waals surface area contributed by atoms with Gasteiger partial charge in [0.2, 0.25) is 11.6 Å². The van der Waals surface area contributed by atoms with Crippen LogP contribution in [0.15, 0.2) is 120 Å². The predicted octanol–water partition coefficient (Wildman–Crippen LogP) is 16.7. The monoisotopic (exact) mass is 1340 g/mol. The Morgan fingerprint density at radius 3 is 1.26 bits per heavy atom. The highest BCUT2D eigenvalue weighted by Crippen LogP contribution is 2.51. The number of allylic oxidation sites excluding steroid dienone is 7. The molecule has 2 aliphatic heterocycles. The Balaban J connectivity index is 0.000000208. The van der Waals surface area contributed by atoms with Crippen LogP contribution in [0, 0.1) is 116 Å². The van der Waals surface area contributed by atoms with Gasteiger partial charge in [-0.2, -0.15) is 4.58 Å². The summed E-state index contributed by atoms with van der Waals surface area (Å²) in [6.07, 6.45) is 5.09. The van der Waals surface area contributed by atoms with Crippen LogP contribution in [0.2, 0.25) is 0 Å². The van der Waals surface area contributed by atoms with E-state index in [1.165, 1.54) is 66.6 Å².